The average molecular weight is 242 g/mol. The lowest BCUT2D eigenvalue weighted by Gasteiger charge is -2.10. The Morgan fingerprint density at radius 1 is 1.50 bits per heavy atom. The molecule has 0 saturated heterocycles. The molecular weight excluding hydrogens is 239 g/mol. The van der Waals surface area contributed by atoms with Crippen molar-refractivity contribution in [1.29, 1.82) is 0 Å². The van der Waals surface area contributed by atoms with Crippen LogP contribution in [0.3, 0.4) is 0 Å². The second-order valence-corrected chi connectivity index (χ2v) is 2.99. The van der Waals surface area contributed by atoms with Gasteiger partial charge in [-0.05, 0) is 22.6 Å². The molecule has 0 aliphatic heterocycles. The molecule has 0 aromatic heterocycles. The Hall–Kier alpha value is 0.450. The van der Waals surface area contributed by atoms with E-state index in [1.54, 1.807) is 0 Å². The molecule has 0 fully saturated rings. The van der Waals surface area contributed by atoms with Crippen LogP contribution < -0.4 is 0 Å². The molecule has 0 radical (unpaired) electrons. The van der Waals surface area contributed by atoms with Gasteiger partial charge in [0.05, 0.1) is 0 Å². The molecule has 50 valence electrons. The summed E-state index contributed by atoms with van der Waals surface area (Å²) in [6.07, 6.45) is -3.24. The molecule has 0 aromatic carbocycles. The standard InChI is InChI=1S/C3H3F4I/c4-1-3(7,8)2(5)6/h2H,1H2. The van der Waals surface area contributed by atoms with E-state index in [0.29, 0.717) is 0 Å². The summed E-state index contributed by atoms with van der Waals surface area (Å²) >= 11 is 0.738. The molecule has 0 nitrogen and oxygen atoms in total. The molecule has 0 N–H and O–H groups in total. The Morgan fingerprint density at radius 3 is 1.88 bits per heavy atom. The van der Waals surface area contributed by atoms with Gasteiger partial charge >= 0.3 is 0 Å². The fourth-order valence-corrected chi connectivity index (χ4v) is 0.0583. The Bertz CT molecular complexity index is 71.7. The molecule has 0 spiro atoms. The molecule has 0 amide bonds. The quantitative estimate of drug-likeness (QED) is 0.396. The second-order valence-electron chi connectivity index (χ2n) is 1.20. The fraction of sp³-hybridized carbons (Fsp3) is 1.00. The van der Waals surface area contributed by atoms with Crippen molar-refractivity contribution in [3.63, 3.8) is 0 Å². The van der Waals surface area contributed by atoms with Crippen molar-refractivity contribution in [2.75, 3.05) is 6.67 Å². The van der Waals surface area contributed by atoms with Crippen LogP contribution in [0.15, 0.2) is 0 Å². The van der Waals surface area contributed by atoms with Gasteiger partial charge in [0.25, 0.3) is 6.43 Å². The van der Waals surface area contributed by atoms with E-state index < -0.39 is 16.8 Å². The Labute approximate surface area is 57.4 Å². The number of hydrogen-bond acceptors (Lipinski definition) is 0. The zero-order valence-electron chi connectivity index (χ0n) is 3.67. The van der Waals surface area contributed by atoms with Crippen LogP contribution in [-0.2, 0) is 0 Å². The SMILES string of the molecule is FCC(F)(I)C(F)F. The maximum absolute atomic E-state index is 11.8. The van der Waals surface area contributed by atoms with Gasteiger partial charge in [0.1, 0.15) is 6.67 Å². The normalized spacial score (nSPS) is 18.8. The maximum atomic E-state index is 11.8. The molecular formula is C3H3F4I. The minimum atomic E-state index is -3.24. The Kier molecular flexibility index (Phi) is 3.00. The lowest BCUT2D eigenvalue weighted by atomic mass is 10.4. The van der Waals surface area contributed by atoms with E-state index in [4.69, 9.17) is 0 Å². The summed E-state index contributed by atoms with van der Waals surface area (Å²) in [7, 11) is 0. The van der Waals surface area contributed by atoms with Gasteiger partial charge in [-0.15, -0.1) is 0 Å². The third-order valence-corrected chi connectivity index (χ3v) is 1.26. The van der Waals surface area contributed by atoms with Crippen LogP contribution in [0.1, 0.15) is 0 Å². The first-order valence-electron chi connectivity index (χ1n) is 1.72. The van der Waals surface area contributed by atoms with Crippen LogP contribution in [-0.4, -0.2) is 16.8 Å². The smallest absolute Gasteiger partial charge is 0.246 e. The monoisotopic (exact) mass is 242 g/mol. The first kappa shape index (κ1) is 8.45. The van der Waals surface area contributed by atoms with E-state index in [2.05, 4.69) is 0 Å². The number of hydrogen-bond donors (Lipinski definition) is 0. The van der Waals surface area contributed by atoms with E-state index in [0.717, 1.165) is 22.6 Å². The molecule has 1 unspecified atom stereocenters. The highest BCUT2D eigenvalue weighted by Gasteiger charge is 2.37. The van der Waals surface area contributed by atoms with Crippen LogP contribution in [0.4, 0.5) is 17.6 Å². The molecule has 5 heteroatoms. The van der Waals surface area contributed by atoms with Gasteiger partial charge < -0.3 is 0 Å². The molecule has 0 rings (SSSR count). The van der Waals surface area contributed by atoms with Crippen molar-refractivity contribution in [3.05, 3.63) is 0 Å². The summed E-state index contributed by atoms with van der Waals surface area (Å²) in [6.45, 7) is -1.65. The highest BCUT2D eigenvalue weighted by atomic mass is 127. The molecule has 1 atom stereocenters. The van der Waals surface area contributed by atoms with E-state index in [1.165, 1.54) is 0 Å². The van der Waals surface area contributed by atoms with Crippen LogP contribution in [0.5, 0.6) is 0 Å². The predicted octanol–water partition coefficient (Wildman–Crippen LogP) is 2.32. The summed E-state index contributed by atoms with van der Waals surface area (Å²) in [5.74, 6) is 0. The fourth-order valence-electron chi connectivity index (χ4n) is 0.0583. The average Bonchev–Trinajstić information content (AvgIpc) is 1.67. The first-order valence-corrected chi connectivity index (χ1v) is 2.80. The van der Waals surface area contributed by atoms with Crippen molar-refractivity contribution < 1.29 is 17.6 Å². The topological polar surface area (TPSA) is 0 Å². The third-order valence-electron chi connectivity index (χ3n) is 0.497. The van der Waals surface area contributed by atoms with Gasteiger partial charge in [-0.25, -0.2) is 17.6 Å². The minimum absolute atomic E-state index is 0.738. The zero-order chi connectivity index (χ0) is 6.78. The van der Waals surface area contributed by atoms with Gasteiger partial charge in [-0.2, -0.15) is 0 Å². The second kappa shape index (κ2) is 2.84. The lowest BCUT2D eigenvalue weighted by Crippen LogP contribution is -2.26. The van der Waals surface area contributed by atoms with Crippen LogP contribution >= 0.6 is 22.6 Å². The summed E-state index contributed by atoms with van der Waals surface area (Å²) in [5.41, 5.74) is 0. The van der Waals surface area contributed by atoms with E-state index >= 15 is 0 Å². The van der Waals surface area contributed by atoms with Crippen LogP contribution in [0.25, 0.3) is 0 Å². The van der Waals surface area contributed by atoms with Gasteiger partial charge in [-0.3, -0.25) is 0 Å². The van der Waals surface area contributed by atoms with E-state index in [-0.39, 0.29) is 0 Å². The predicted molar refractivity (Wildman–Crippen MR) is 29.8 cm³/mol. The molecule has 0 heterocycles. The van der Waals surface area contributed by atoms with E-state index in [1.807, 2.05) is 0 Å². The Morgan fingerprint density at radius 2 is 1.88 bits per heavy atom. The summed E-state index contributed by atoms with van der Waals surface area (Å²) < 4.78 is 42.4. The van der Waals surface area contributed by atoms with Crippen molar-refractivity contribution >= 4 is 22.6 Å². The molecule has 0 saturated carbocycles. The van der Waals surface area contributed by atoms with Gasteiger partial charge in [0, 0.05) is 0 Å². The number of rotatable bonds is 2. The molecule has 0 bridgehead atoms. The van der Waals surface area contributed by atoms with Crippen LogP contribution in [0, 0.1) is 0 Å². The minimum Gasteiger partial charge on any atom is -0.246 e. The van der Waals surface area contributed by atoms with Crippen molar-refractivity contribution in [2.45, 2.75) is 10.1 Å². The molecule has 0 aliphatic carbocycles. The summed E-state index contributed by atoms with van der Waals surface area (Å²) in [5, 5.41) is 0. The molecule has 0 aliphatic rings. The Balaban J connectivity index is 3.71. The van der Waals surface area contributed by atoms with Gasteiger partial charge in [0.2, 0.25) is 3.68 Å². The highest BCUT2D eigenvalue weighted by molar-refractivity contribution is 14.1. The first-order chi connectivity index (χ1) is 3.50. The van der Waals surface area contributed by atoms with Crippen LogP contribution in [0.2, 0.25) is 0 Å². The molecule has 0 aromatic rings. The van der Waals surface area contributed by atoms with Crippen molar-refractivity contribution in [2.24, 2.45) is 0 Å². The zero-order valence-corrected chi connectivity index (χ0v) is 5.83. The van der Waals surface area contributed by atoms with Crippen molar-refractivity contribution in [1.82, 2.24) is 0 Å². The van der Waals surface area contributed by atoms with Gasteiger partial charge in [-0.1, -0.05) is 0 Å². The highest BCUT2D eigenvalue weighted by Crippen LogP contribution is 2.28. The van der Waals surface area contributed by atoms with Crippen molar-refractivity contribution in [3.8, 4) is 0 Å². The van der Waals surface area contributed by atoms with Gasteiger partial charge in [0.15, 0.2) is 0 Å². The van der Waals surface area contributed by atoms with E-state index in [9.17, 15) is 17.6 Å². The number of alkyl halides is 5. The maximum Gasteiger partial charge on any atom is 0.283 e. The third kappa shape index (κ3) is 2.15. The summed E-state index contributed by atoms with van der Waals surface area (Å²) in [4.78, 5) is 0. The number of halogens is 5. The molecule has 8 heavy (non-hydrogen) atoms. The summed E-state index contributed by atoms with van der Waals surface area (Å²) in [6, 6.07) is 0. The largest absolute Gasteiger partial charge is 0.283 e. The lowest BCUT2D eigenvalue weighted by molar-refractivity contribution is 0.0248.